The van der Waals surface area contributed by atoms with Crippen molar-refractivity contribution >= 4 is 5.97 Å². The fourth-order valence-electron chi connectivity index (χ4n) is 1.84. The minimum atomic E-state index is -0.584. The Hall–Kier alpha value is -2.60. The van der Waals surface area contributed by atoms with Crippen LogP contribution in [0.4, 0.5) is 4.39 Å². The highest BCUT2D eigenvalue weighted by molar-refractivity contribution is 5.91. The van der Waals surface area contributed by atoms with Crippen LogP contribution in [0.3, 0.4) is 0 Å². The van der Waals surface area contributed by atoms with Gasteiger partial charge in [0.2, 0.25) is 0 Å². The topological polar surface area (TPSA) is 26.3 Å². The smallest absolute Gasteiger partial charge is 0.337 e. The molecule has 0 aliphatic heterocycles. The number of carbonyl (C=O) groups excluding carboxylic acids is 1. The van der Waals surface area contributed by atoms with Gasteiger partial charge in [-0.05, 0) is 35.4 Å². The molecule has 0 spiro atoms. The summed E-state index contributed by atoms with van der Waals surface area (Å²) in [6, 6.07) is 11.2. The lowest BCUT2D eigenvalue weighted by Crippen LogP contribution is -2.02. The fraction of sp³-hybridized carbons (Fsp3) is 0.0625. The molecule has 3 heteroatoms. The van der Waals surface area contributed by atoms with E-state index in [0.717, 1.165) is 6.07 Å². The Morgan fingerprint density at radius 3 is 2.68 bits per heavy atom. The molecular formula is C16H11FO2. The molecule has 0 aliphatic carbocycles. The van der Waals surface area contributed by atoms with Gasteiger partial charge in [-0.3, -0.25) is 0 Å². The van der Waals surface area contributed by atoms with Gasteiger partial charge >= 0.3 is 5.97 Å². The van der Waals surface area contributed by atoms with Gasteiger partial charge in [-0.25, -0.2) is 9.18 Å². The molecular weight excluding hydrogens is 243 g/mol. The molecule has 2 aromatic rings. The van der Waals surface area contributed by atoms with Crippen LogP contribution in [0.1, 0.15) is 15.9 Å². The van der Waals surface area contributed by atoms with Gasteiger partial charge in [0.25, 0.3) is 0 Å². The highest BCUT2D eigenvalue weighted by Crippen LogP contribution is 2.25. The highest BCUT2D eigenvalue weighted by Gasteiger charge is 2.11. The van der Waals surface area contributed by atoms with Crippen molar-refractivity contribution in [1.29, 1.82) is 0 Å². The number of ether oxygens (including phenoxy) is 1. The van der Waals surface area contributed by atoms with E-state index in [2.05, 4.69) is 10.7 Å². The normalized spacial score (nSPS) is 9.74. The van der Waals surface area contributed by atoms with E-state index in [9.17, 15) is 9.18 Å². The van der Waals surface area contributed by atoms with Crippen LogP contribution in [0.2, 0.25) is 0 Å². The summed E-state index contributed by atoms with van der Waals surface area (Å²) < 4.78 is 18.2. The van der Waals surface area contributed by atoms with Gasteiger partial charge in [0, 0.05) is 5.56 Å². The van der Waals surface area contributed by atoms with Crippen LogP contribution < -0.4 is 0 Å². The standard InChI is InChI=1S/C16H11FO2/c1-3-11-6-4-5-7-15(11)12-8-13(16(18)19-2)10-14(17)9-12/h1,4-10H,2H3. The van der Waals surface area contributed by atoms with Crippen LogP contribution in [0.25, 0.3) is 11.1 Å². The van der Waals surface area contributed by atoms with Gasteiger partial charge < -0.3 is 4.74 Å². The largest absolute Gasteiger partial charge is 0.465 e. The molecule has 0 saturated heterocycles. The Morgan fingerprint density at radius 1 is 1.26 bits per heavy atom. The van der Waals surface area contributed by atoms with Gasteiger partial charge in [0.15, 0.2) is 0 Å². The molecule has 0 atom stereocenters. The molecule has 0 saturated carbocycles. The van der Waals surface area contributed by atoms with E-state index in [1.807, 2.05) is 0 Å². The molecule has 0 aliphatic rings. The molecule has 2 nitrogen and oxygen atoms in total. The quantitative estimate of drug-likeness (QED) is 0.607. The molecule has 19 heavy (non-hydrogen) atoms. The Kier molecular flexibility index (Phi) is 3.63. The zero-order valence-electron chi connectivity index (χ0n) is 10.3. The summed E-state index contributed by atoms with van der Waals surface area (Å²) in [5.74, 6) is 1.44. The van der Waals surface area contributed by atoms with Gasteiger partial charge in [-0.15, -0.1) is 6.42 Å². The number of hydrogen-bond donors (Lipinski definition) is 0. The Bertz CT molecular complexity index is 669. The number of rotatable bonds is 2. The lowest BCUT2D eigenvalue weighted by Gasteiger charge is -2.07. The summed E-state index contributed by atoms with van der Waals surface area (Å²) in [7, 11) is 1.25. The van der Waals surface area contributed by atoms with E-state index in [-0.39, 0.29) is 5.56 Å². The maximum atomic E-state index is 13.6. The lowest BCUT2D eigenvalue weighted by atomic mass is 9.98. The average Bonchev–Trinajstić information content (AvgIpc) is 2.45. The van der Waals surface area contributed by atoms with Crippen molar-refractivity contribution in [3.05, 3.63) is 59.4 Å². The minimum Gasteiger partial charge on any atom is -0.465 e. The van der Waals surface area contributed by atoms with E-state index < -0.39 is 11.8 Å². The first kappa shape index (κ1) is 12.8. The van der Waals surface area contributed by atoms with Crippen molar-refractivity contribution in [2.45, 2.75) is 0 Å². The van der Waals surface area contributed by atoms with E-state index in [1.54, 1.807) is 30.3 Å². The Labute approximate surface area is 110 Å². The predicted octanol–water partition coefficient (Wildman–Crippen LogP) is 3.26. The molecule has 0 radical (unpaired) electrons. The Morgan fingerprint density at radius 2 is 2.00 bits per heavy atom. The molecule has 94 valence electrons. The maximum Gasteiger partial charge on any atom is 0.337 e. The summed E-state index contributed by atoms with van der Waals surface area (Å²) in [5.41, 5.74) is 2.05. The maximum absolute atomic E-state index is 13.6. The Balaban J connectivity index is 2.60. The molecule has 0 fully saturated rings. The van der Waals surface area contributed by atoms with Crippen molar-refractivity contribution in [2.75, 3.05) is 7.11 Å². The summed E-state index contributed by atoms with van der Waals surface area (Å²) in [6.45, 7) is 0. The third-order valence-corrected chi connectivity index (χ3v) is 2.71. The summed E-state index contributed by atoms with van der Waals surface area (Å²) in [4.78, 5) is 11.5. The lowest BCUT2D eigenvalue weighted by molar-refractivity contribution is 0.0600. The summed E-state index contributed by atoms with van der Waals surface area (Å²) in [6.07, 6.45) is 5.41. The van der Waals surface area contributed by atoms with Crippen LogP contribution in [-0.4, -0.2) is 13.1 Å². The number of halogens is 1. The molecule has 0 unspecified atom stereocenters. The fourth-order valence-corrected chi connectivity index (χ4v) is 1.84. The van der Waals surface area contributed by atoms with Crippen molar-refractivity contribution in [2.24, 2.45) is 0 Å². The van der Waals surface area contributed by atoms with Crippen LogP contribution in [0.5, 0.6) is 0 Å². The number of carbonyl (C=O) groups is 1. The van der Waals surface area contributed by atoms with E-state index >= 15 is 0 Å². The molecule has 0 amide bonds. The van der Waals surface area contributed by atoms with Crippen molar-refractivity contribution in [3.63, 3.8) is 0 Å². The first-order valence-corrected chi connectivity index (χ1v) is 5.60. The number of terminal acetylenes is 1. The zero-order chi connectivity index (χ0) is 13.8. The molecule has 0 aromatic heterocycles. The highest BCUT2D eigenvalue weighted by atomic mass is 19.1. The van der Waals surface area contributed by atoms with E-state index in [4.69, 9.17) is 6.42 Å². The second-order valence-electron chi connectivity index (χ2n) is 3.91. The predicted molar refractivity (Wildman–Crippen MR) is 71.1 cm³/mol. The minimum absolute atomic E-state index is 0.157. The third-order valence-electron chi connectivity index (χ3n) is 2.71. The monoisotopic (exact) mass is 254 g/mol. The third kappa shape index (κ3) is 2.63. The van der Waals surface area contributed by atoms with Gasteiger partial charge in [-0.1, -0.05) is 24.1 Å². The summed E-state index contributed by atoms with van der Waals surface area (Å²) >= 11 is 0. The van der Waals surface area contributed by atoms with Crippen LogP contribution >= 0.6 is 0 Å². The number of methoxy groups -OCH3 is 1. The molecule has 2 rings (SSSR count). The first-order chi connectivity index (χ1) is 9.15. The number of hydrogen-bond acceptors (Lipinski definition) is 2. The average molecular weight is 254 g/mol. The van der Waals surface area contributed by atoms with Gasteiger partial charge in [-0.2, -0.15) is 0 Å². The van der Waals surface area contributed by atoms with Crippen LogP contribution in [0.15, 0.2) is 42.5 Å². The molecule has 0 bridgehead atoms. The first-order valence-electron chi connectivity index (χ1n) is 5.60. The number of benzene rings is 2. The van der Waals surface area contributed by atoms with Gasteiger partial charge in [0.1, 0.15) is 5.82 Å². The summed E-state index contributed by atoms with van der Waals surface area (Å²) in [5, 5.41) is 0. The molecule has 0 heterocycles. The van der Waals surface area contributed by atoms with Crippen LogP contribution in [0, 0.1) is 18.2 Å². The second kappa shape index (κ2) is 5.36. The van der Waals surface area contributed by atoms with Crippen molar-refractivity contribution < 1.29 is 13.9 Å². The number of esters is 1. The van der Waals surface area contributed by atoms with Gasteiger partial charge in [0.05, 0.1) is 12.7 Å². The zero-order valence-corrected chi connectivity index (χ0v) is 10.3. The SMILES string of the molecule is C#Cc1ccccc1-c1cc(F)cc(C(=O)OC)c1. The van der Waals surface area contributed by atoms with E-state index in [1.165, 1.54) is 13.2 Å². The van der Waals surface area contributed by atoms with Crippen LogP contribution in [-0.2, 0) is 4.74 Å². The second-order valence-corrected chi connectivity index (χ2v) is 3.91. The molecule has 0 N–H and O–H groups in total. The van der Waals surface area contributed by atoms with Crippen molar-refractivity contribution in [1.82, 2.24) is 0 Å². The molecule has 2 aromatic carbocycles. The van der Waals surface area contributed by atoms with Crippen molar-refractivity contribution in [3.8, 4) is 23.5 Å². The van der Waals surface area contributed by atoms with E-state index in [0.29, 0.717) is 16.7 Å².